The third-order valence-corrected chi connectivity index (χ3v) is 3.65. The zero-order valence-electron chi connectivity index (χ0n) is 11.0. The molecule has 1 saturated heterocycles. The summed E-state index contributed by atoms with van der Waals surface area (Å²) < 4.78 is 2.07. The maximum Gasteiger partial charge on any atom is 0.204 e. The Balaban J connectivity index is 1.90. The SMILES string of the molecule is OCCn1c(NC2CCNCC2)nc2ccccc21. The van der Waals surface area contributed by atoms with Gasteiger partial charge in [-0.25, -0.2) is 4.98 Å². The molecule has 0 atom stereocenters. The molecule has 5 nitrogen and oxygen atoms in total. The van der Waals surface area contributed by atoms with Crippen LogP contribution < -0.4 is 10.6 Å². The Bertz CT molecular complexity index is 545. The number of aliphatic hydroxyl groups excluding tert-OH is 1. The van der Waals surface area contributed by atoms with E-state index < -0.39 is 0 Å². The molecule has 0 spiro atoms. The standard InChI is InChI=1S/C14H20N4O/c19-10-9-18-13-4-2-1-3-12(13)17-14(18)16-11-5-7-15-8-6-11/h1-4,11,15,19H,5-10H2,(H,16,17). The highest BCUT2D eigenvalue weighted by Gasteiger charge is 2.16. The Morgan fingerprint density at radius 2 is 2.11 bits per heavy atom. The van der Waals surface area contributed by atoms with E-state index in [1.54, 1.807) is 0 Å². The van der Waals surface area contributed by atoms with E-state index in [2.05, 4.69) is 20.2 Å². The number of hydrogen-bond donors (Lipinski definition) is 3. The van der Waals surface area contributed by atoms with E-state index in [-0.39, 0.29) is 6.61 Å². The third kappa shape index (κ3) is 2.57. The van der Waals surface area contributed by atoms with Crippen LogP contribution in [0.2, 0.25) is 0 Å². The van der Waals surface area contributed by atoms with Crippen LogP contribution in [0.15, 0.2) is 24.3 Å². The van der Waals surface area contributed by atoms with E-state index in [0.717, 1.165) is 42.9 Å². The number of anilines is 1. The Kier molecular flexibility index (Phi) is 3.66. The van der Waals surface area contributed by atoms with Crippen LogP contribution >= 0.6 is 0 Å². The van der Waals surface area contributed by atoms with Crippen LogP contribution in [0.25, 0.3) is 11.0 Å². The van der Waals surface area contributed by atoms with Crippen molar-refractivity contribution in [2.75, 3.05) is 25.0 Å². The lowest BCUT2D eigenvalue weighted by atomic mass is 10.1. The first-order valence-corrected chi connectivity index (χ1v) is 6.92. The lowest BCUT2D eigenvalue weighted by Gasteiger charge is -2.24. The van der Waals surface area contributed by atoms with Crippen LogP contribution in [-0.2, 0) is 6.54 Å². The summed E-state index contributed by atoms with van der Waals surface area (Å²) >= 11 is 0. The van der Waals surface area contributed by atoms with Crippen LogP contribution in [0.5, 0.6) is 0 Å². The molecule has 2 heterocycles. The van der Waals surface area contributed by atoms with Gasteiger partial charge >= 0.3 is 0 Å². The average molecular weight is 260 g/mol. The molecule has 1 fully saturated rings. The first kappa shape index (κ1) is 12.4. The van der Waals surface area contributed by atoms with E-state index in [0.29, 0.717) is 12.6 Å². The summed E-state index contributed by atoms with van der Waals surface area (Å²) in [6.07, 6.45) is 2.23. The fourth-order valence-electron chi connectivity index (χ4n) is 2.66. The van der Waals surface area contributed by atoms with Gasteiger partial charge in [-0.3, -0.25) is 0 Å². The van der Waals surface area contributed by atoms with Crippen molar-refractivity contribution in [3.63, 3.8) is 0 Å². The minimum absolute atomic E-state index is 0.126. The van der Waals surface area contributed by atoms with Gasteiger partial charge in [0.15, 0.2) is 0 Å². The predicted molar refractivity (Wildman–Crippen MR) is 76.3 cm³/mol. The van der Waals surface area contributed by atoms with Crippen molar-refractivity contribution in [3.05, 3.63) is 24.3 Å². The van der Waals surface area contributed by atoms with Crippen molar-refractivity contribution in [3.8, 4) is 0 Å². The predicted octanol–water partition coefficient (Wildman–Crippen LogP) is 1.19. The van der Waals surface area contributed by atoms with Crippen molar-refractivity contribution in [1.29, 1.82) is 0 Å². The number of fused-ring (bicyclic) bond motifs is 1. The van der Waals surface area contributed by atoms with Crippen LogP contribution in [-0.4, -0.2) is 40.4 Å². The molecule has 1 aliphatic heterocycles. The molecule has 5 heteroatoms. The monoisotopic (exact) mass is 260 g/mol. The molecule has 19 heavy (non-hydrogen) atoms. The van der Waals surface area contributed by atoms with E-state index in [4.69, 9.17) is 0 Å². The maximum atomic E-state index is 9.24. The highest BCUT2D eigenvalue weighted by Crippen LogP contribution is 2.21. The maximum absolute atomic E-state index is 9.24. The summed E-state index contributed by atoms with van der Waals surface area (Å²) in [5.41, 5.74) is 2.06. The Morgan fingerprint density at radius 1 is 1.32 bits per heavy atom. The largest absolute Gasteiger partial charge is 0.395 e. The summed E-state index contributed by atoms with van der Waals surface area (Å²) in [4.78, 5) is 4.65. The van der Waals surface area contributed by atoms with E-state index >= 15 is 0 Å². The summed E-state index contributed by atoms with van der Waals surface area (Å²) in [5.74, 6) is 0.877. The molecule has 0 amide bonds. The summed E-state index contributed by atoms with van der Waals surface area (Å²) in [7, 11) is 0. The number of rotatable bonds is 4. The van der Waals surface area contributed by atoms with E-state index in [1.165, 1.54) is 0 Å². The number of nitrogens with zero attached hydrogens (tertiary/aromatic N) is 2. The second kappa shape index (κ2) is 5.59. The van der Waals surface area contributed by atoms with Gasteiger partial charge in [0.25, 0.3) is 0 Å². The molecule has 0 bridgehead atoms. The Hall–Kier alpha value is -1.59. The highest BCUT2D eigenvalue weighted by molar-refractivity contribution is 5.78. The molecule has 3 N–H and O–H groups in total. The van der Waals surface area contributed by atoms with Crippen LogP contribution in [0.4, 0.5) is 5.95 Å². The molecule has 2 aromatic rings. The molecule has 102 valence electrons. The number of benzene rings is 1. The van der Waals surface area contributed by atoms with Gasteiger partial charge < -0.3 is 20.3 Å². The highest BCUT2D eigenvalue weighted by atomic mass is 16.3. The smallest absolute Gasteiger partial charge is 0.204 e. The van der Waals surface area contributed by atoms with Gasteiger partial charge in [0.2, 0.25) is 5.95 Å². The van der Waals surface area contributed by atoms with Gasteiger partial charge in [-0.05, 0) is 38.1 Å². The first-order chi connectivity index (χ1) is 9.38. The van der Waals surface area contributed by atoms with Crippen molar-refractivity contribution < 1.29 is 5.11 Å². The summed E-state index contributed by atoms with van der Waals surface area (Å²) in [6.45, 7) is 2.81. The molecule has 0 radical (unpaired) electrons. The van der Waals surface area contributed by atoms with E-state index in [9.17, 15) is 5.11 Å². The van der Waals surface area contributed by atoms with Gasteiger partial charge in [0.1, 0.15) is 0 Å². The number of para-hydroxylation sites is 2. The van der Waals surface area contributed by atoms with Gasteiger partial charge in [-0.2, -0.15) is 0 Å². The minimum Gasteiger partial charge on any atom is -0.395 e. The topological polar surface area (TPSA) is 62.1 Å². The summed E-state index contributed by atoms with van der Waals surface area (Å²) in [5, 5.41) is 16.1. The molecule has 3 rings (SSSR count). The lowest BCUT2D eigenvalue weighted by molar-refractivity contribution is 0.278. The second-order valence-corrected chi connectivity index (χ2v) is 4.97. The Morgan fingerprint density at radius 3 is 2.89 bits per heavy atom. The molecule has 0 saturated carbocycles. The molecule has 1 aromatic carbocycles. The number of hydrogen-bond acceptors (Lipinski definition) is 4. The van der Waals surface area contributed by atoms with Gasteiger partial charge in [-0.15, -0.1) is 0 Å². The van der Waals surface area contributed by atoms with Crippen molar-refractivity contribution in [1.82, 2.24) is 14.9 Å². The second-order valence-electron chi connectivity index (χ2n) is 4.97. The van der Waals surface area contributed by atoms with Gasteiger partial charge in [0, 0.05) is 12.6 Å². The van der Waals surface area contributed by atoms with Crippen molar-refractivity contribution in [2.24, 2.45) is 0 Å². The Labute approximate surface area is 112 Å². The van der Waals surface area contributed by atoms with Gasteiger partial charge in [0.05, 0.1) is 17.6 Å². The molecule has 1 aromatic heterocycles. The van der Waals surface area contributed by atoms with Crippen LogP contribution in [0, 0.1) is 0 Å². The third-order valence-electron chi connectivity index (χ3n) is 3.65. The molecule has 0 aliphatic carbocycles. The zero-order valence-corrected chi connectivity index (χ0v) is 11.0. The molecule has 0 unspecified atom stereocenters. The lowest BCUT2D eigenvalue weighted by Crippen LogP contribution is -2.36. The van der Waals surface area contributed by atoms with Crippen LogP contribution in [0.3, 0.4) is 0 Å². The number of piperidine rings is 1. The molecular formula is C14H20N4O. The molecular weight excluding hydrogens is 240 g/mol. The van der Waals surface area contributed by atoms with Crippen molar-refractivity contribution in [2.45, 2.75) is 25.4 Å². The fraction of sp³-hybridized carbons (Fsp3) is 0.500. The number of imidazole rings is 1. The number of aromatic nitrogens is 2. The van der Waals surface area contributed by atoms with Crippen molar-refractivity contribution >= 4 is 17.0 Å². The zero-order chi connectivity index (χ0) is 13.1. The quantitative estimate of drug-likeness (QED) is 0.773. The number of aliphatic hydroxyl groups is 1. The van der Waals surface area contributed by atoms with Gasteiger partial charge in [-0.1, -0.05) is 12.1 Å². The first-order valence-electron chi connectivity index (χ1n) is 6.92. The summed E-state index contributed by atoms with van der Waals surface area (Å²) in [6, 6.07) is 8.53. The molecule has 1 aliphatic rings. The van der Waals surface area contributed by atoms with E-state index in [1.807, 2.05) is 24.3 Å². The normalized spacial score (nSPS) is 16.9. The van der Waals surface area contributed by atoms with Crippen LogP contribution in [0.1, 0.15) is 12.8 Å². The average Bonchev–Trinajstić information content (AvgIpc) is 2.79. The minimum atomic E-state index is 0.126. The fourth-order valence-corrected chi connectivity index (χ4v) is 2.66. The number of nitrogens with one attached hydrogen (secondary N) is 2.